The van der Waals surface area contributed by atoms with Gasteiger partial charge in [-0.25, -0.2) is 0 Å². The second-order valence-electron chi connectivity index (χ2n) is 14.1. The summed E-state index contributed by atoms with van der Waals surface area (Å²) in [5.41, 5.74) is 12.9. The number of fused-ring (bicyclic) bond motifs is 4. The standard InChI is InChI=1S/C54H37N/c1-3-12-38(13-4-1)39-22-24-43(25-23-39)52-35-34-48(37-53(52)41-14-5-2-6-15-41)55(47-33-30-45-27-26-42-17-8-10-20-51(42)54(45)36-47)46-31-28-44(29-32-46)50-21-11-18-40-16-7-9-19-49(40)50/h1-37H. The van der Waals surface area contributed by atoms with Crippen LogP contribution >= 0.6 is 0 Å². The summed E-state index contributed by atoms with van der Waals surface area (Å²) in [6.45, 7) is 0. The molecule has 0 heterocycles. The van der Waals surface area contributed by atoms with Gasteiger partial charge in [0, 0.05) is 17.1 Å². The van der Waals surface area contributed by atoms with Crippen molar-refractivity contribution in [1.29, 1.82) is 0 Å². The smallest absolute Gasteiger partial charge is 0.0468 e. The molecule has 0 aliphatic carbocycles. The van der Waals surface area contributed by atoms with Gasteiger partial charge < -0.3 is 4.90 Å². The van der Waals surface area contributed by atoms with Crippen molar-refractivity contribution in [3.63, 3.8) is 0 Å². The highest BCUT2D eigenvalue weighted by atomic mass is 15.1. The summed E-state index contributed by atoms with van der Waals surface area (Å²) in [7, 11) is 0. The Kier molecular flexibility index (Phi) is 8.24. The monoisotopic (exact) mass is 699 g/mol. The summed E-state index contributed by atoms with van der Waals surface area (Å²) in [6, 6.07) is 81.5. The van der Waals surface area contributed by atoms with Crippen LogP contribution in [-0.4, -0.2) is 0 Å². The van der Waals surface area contributed by atoms with Gasteiger partial charge in [-0.2, -0.15) is 0 Å². The average Bonchev–Trinajstić information content (AvgIpc) is 3.27. The molecule has 0 aliphatic rings. The lowest BCUT2D eigenvalue weighted by atomic mass is 9.92. The lowest BCUT2D eigenvalue weighted by Crippen LogP contribution is -2.10. The molecule has 0 radical (unpaired) electrons. The first-order chi connectivity index (χ1) is 27.3. The van der Waals surface area contributed by atoms with E-state index < -0.39 is 0 Å². The Morgan fingerprint density at radius 1 is 0.218 bits per heavy atom. The Labute approximate surface area is 322 Å². The van der Waals surface area contributed by atoms with E-state index in [4.69, 9.17) is 0 Å². The minimum Gasteiger partial charge on any atom is -0.310 e. The fraction of sp³-hybridized carbons (Fsp3) is 0. The van der Waals surface area contributed by atoms with Crippen LogP contribution in [0.15, 0.2) is 224 Å². The molecule has 0 unspecified atom stereocenters. The SMILES string of the molecule is c1ccc(-c2ccc(-c3ccc(N(c4ccc(-c5cccc6ccccc56)cc4)c4ccc5ccc6ccccc6c5c4)cc3-c3ccccc3)cc2)cc1. The van der Waals surface area contributed by atoms with Crippen molar-refractivity contribution in [2.24, 2.45) is 0 Å². The number of anilines is 3. The summed E-state index contributed by atoms with van der Waals surface area (Å²) in [4.78, 5) is 2.41. The summed E-state index contributed by atoms with van der Waals surface area (Å²) >= 11 is 0. The minimum atomic E-state index is 1.10. The van der Waals surface area contributed by atoms with Crippen LogP contribution in [0.1, 0.15) is 0 Å². The minimum absolute atomic E-state index is 1.10. The molecule has 10 aromatic rings. The highest BCUT2D eigenvalue weighted by molar-refractivity contribution is 6.09. The molecule has 0 aromatic heterocycles. The quantitative estimate of drug-likeness (QED) is 0.150. The van der Waals surface area contributed by atoms with E-state index in [1.54, 1.807) is 0 Å². The first kappa shape index (κ1) is 32.4. The maximum Gasteiger partial charge on any atom is 0.0468 e. The molecule has 0 spiro atoms. The summed E-state index contributed by atoms with van der Waals surface area (Å²) in [5, 5.41) is 7.48. The molecule has 1 nitrogen and oxygen atoms in total. The first-order valence-electron chi connectivity index (χ1n) is 18.9. The van der Waals surface area contributed by atoms with Crippen molar-refractivity contribution in [3.8, 4) is 44.5 Å². The molecule has 0 aliphatic heterocycles. The van der Waals surface area contributed by atoms with Crippen molar-refractivity contribution < 1.29 is 0 Å². The zero-order valence-electron chi connectivity index (χ0n) is 30.3. The Morgan fingerprint density at radius 3 is 1.42 bits per heavy atom. The molecule has 55 heavy (non-hydrogen) atoms. The van der Waals surface area contributed by atoms with E-state index in [0.717, 1.165) is 17.1 Å². The second-order valence-corrected chi connectivity index (χ2v) is 14.1. The van der Waals surface area contributed by atoms with Gasteiger partial charge in [-0.05, 0) is 113 Å². The number of rotatable bonds is 7. The third-order valence-corrected chi connectivity index (χ3v) is 10.9. The van der Waals surface area contributed by atoms with Crippen LogP contribution in [0.25, 0.3) is 76.8 Å². The number of benzene rings is 10. The Bertz CT molecular complexity index is 2940. The van der Waals surface area contributed by atoms with Gasteiger partial charge in [-0.15, -0.1) is 0 Å². The molecule has 258 valence electrons. The van der Waals surface area contributed by atoms with Gasteiger partial charge >= 0.3 is 0 Å². The van der Waals surface area contributed by atoms with Gasteiger partial charge in [-0.3, -0.25) is 0 Å². The fourth-order valence-corrected chi connectivity index (χ4v) is 8.10. The van der Waals surface area contributed by atoms with Crippen LogP contribution in [0.5, 0.6) is 0 Å². The molecule has 0 saturated heterocycles. The molecule has 0 N–H and O–H groups in total. The van der Waals surface area contributed by atoms with E-state index in [0.29, 0.717) is 0 Å². The van der Waals surface area contributed by atoms with Crippen LogP contribution in [0.2, 0.25) is 0 Å². The molecule has 0 atom stereocenters. The normalized spacial score (nSPS) is 11.3. The third-order valence-electron chi connectivity index (χ3n) is 10.9. The van der Waals surface area contributed by atoms with Crippen molar-refractivity contribution >= 4 is 49.4 Å². The number of nitrogens with zero attached hydrogens (tertiary/aromatic N) is 1. The predicted octanol–water partition coefficient (Wildman–Crippen LogP) is 15.3. The molecule has 0 amide bonds. The van der Waals surface area contributed by atoms with Gasteiger partial charge in [0.15, 0.2) is 0 Å². The van der Waals surface area contributed by atoms with Gasteiger partial charge in [0.2, 0.25) is 0 Å². The molecule has 1 heteroatoms. The zero-order valence-corrected chi connectivity index (χ0v) is 30.3. The van der Waals surface area contributed by atoms with Crippen molar-refractivity contribution in [2.75, 3.05) is 4.90 Å². The van der Waals surface area contributed by atoms with Gasteiger partial charge in [0.1, 0.15) is 0 Å². The van der Waals surface area contributed by atoms with Crippen LogP contribution in [0.4, 0.5) is 17.1 Å². The molecule has 10 aromatic carbocycles. The molecule has 0 saturated carbocycles. The van der Waals surface area contributed by atoms with E-state index in [2.05, 4.69) is 229 Å². The molecule has 10 rings (SSSR count). The van der Waals surface area contributed by atoms with Crippen molar-refractivity contribution in [3.05, 3.63) is 224 Å². The Morgan fingerprint density at radius 2 is 0.673 bits per heavy atom. The Hall–Kier alpha value is -7.22. The van der Waals surface area contributed by atoms with E-state index in [1.165, 1.54) is 76.8 Å². The first-order valence-corrected chi connectivity index (χ1v) is 18.9. The van der Waals surface area contributed by atoms with Gasteiger partial charge in [0.05, 0.1) is 0 Å². The second kappa shape index (κ2) is 14.0. The lowest BCUT2D eigenvalue weighted by Gasteiger charge is -2.27. The van der Waals surface area contributed by atoms with E-state index in [-0.39, 0.29) is 0 Å². The molecule has 0 fully saturated rings. The average molecular weight is 700 g/mol. The third kappa shape index (κ3) is 6.12. The van der Waals surface area contributed by atoms with Crippen molar-refractivity contribution in [1.82, 2.24) is 0 Å². The molecular weight excluding hydrogens is 663 g/mol. The zero-order chi connectivity index (χ0) is 36.6. The summed E-state index contributed by atoms with van der Waals surface area (Å²) in [6.07, 6.45) is 0. The van der Waals surface area contributed by atoms with Crippen LogP contribution in [0, 0.1) is 0 Å². The van der Waals surface area contributed by atoms with Crippen LogP contribution in [0.3, 0.4) is 0 Å². The highest BCUT2D eigenvalue weighted by Gasteiger charge is 2.18. The Balaban J connectivity index is 1.14. The van der Waals surface area contributed by atoms with Gasteiger partial charge in [-0.1, -0.05) is 188 Å². The largest absolute Gasteiger partial charge is 0.310 e. The predicted molar refractivity (Wildman–Crippen MR) is 235 cm³/mol. The van der Waals surface area contributed by atoms with Crippen LogP contribution in [-0.2, 0) is 0 Å². The number of hydrogen-bond donors (Lipinski definition) is 0. The summed E-state index contributed by atoms with van der Waals surface area (Å²) in [5.74, 6) is 0. The van der Waals surface area contributed by atoms with E-state index in [9.17, 15) is 0 Å². The molecular formula is C54H37N. The van der Waals surface area contributed by atoms with Crippen molar-refractivity contribution in [2.45, 2.75) is 0 Å². The van der Waals surface area contributed by atoms with Crippen LogP contribution < -0.4 is 4.90 Å². The van der Waals surface area contributed by atoms with Gasteiger partial charge in [0.25, 0.3) is 0 Å². The maximum absolute atomic E-state index is 2.41. The number of hydrogen-bond acceptors (Lipinski definition) is 1. The maximum atomic E-state index is 2.41. The fourth-order valence-electron chi connectivity index (χ4n) is 8.10. The highest BCUT2D eigenvalue weighted by Crippen LogP contribution is 2.43. The summed E-state index contributed by atoms with van der Waals surface area (Å²) < 4.78 is 0. The van der Waals surface area contributed by atoms with E-state index in [1.807, 2.05) is 0 Å². The van der Waals surface area contributed by atoms with E-state index >= 15 is 0 Å². The topological polar surface area (TPSA) is 3.24 Å². The lowest BCUT2D eigenvalue weighted by molar-refractivity contribution is 1.29. The molecule has 0 bridgehead atoms.